The van der Waals surface area contributed by atoms with E-state index in [0.29, 0.717) is 54.4 Å². The summed E-state index contributed by atoms with van der Waals surface area (Å²) in [6, 6.07) is 44.3. The molecule has 0 aliphatic carbocycles. The number of carbonyl (C=O) groups is 6. The van der Waals surface area contributed by atoms with Gasteiger partial charge >= 0.3 is 69.6 Å². The van der Waals surface area contributed by atoms with E-state index in [1.54, 1.807) is 31.3 Å². The molecule has 35 heteroatoms. The molecule has 28 nitrogen and oxygen atoms in total. The average molecular weight is 1780 g/mol. The standard InChI is InChI=1S/C18H17NO4S.C17H15NO4S.C11H10O4S.C10H9NO4S.C10H8O4S.C9H7NO4S.C8H9Br/c1-11-5-4-6-12(7-11)10-19(2)16-9-14-15(24-16)8-13(17(20)22-3)18(21)23-14;1-10-4-3-5-11(6-10)9-18(2)15-8-13-14(23-15)7-12(16(19)20)17(21)22-13;1-3-6-4-8-9(16-6)5-7(10(12)14-2)11(13)15-8;1-11-8-4-6-7(16-8)3-5(9(12)14-2)10(13)15-6;1-5-3-7-8(15-5)4-6(9(11)13-2)10(12)14-7;1-13-8(11)4-2-6-5(14-9(4)12)3-7(10)15-6;1-7-3-2-4-8(5-7)6-9/h4-9H,10H2,1-3H3;3-8H,9H2,1-2H3,(H,19,20);4-5H,3H2,1-2H3;3-4,11H,1-2H3;3-4H,1-2H3;2-3H,10H2,1H3;2-5H,6H2,1H3. The van der Waals surface area contributed by atoms with Crippen LogP contribution in [0.15, 0.2) is 201 Å². The fourth-order valence-electron chi connectivity index (χ4n) is 10.8. The molecule has 15 aromatic rings. The Hall–Kier alpha value is -12.4. The van der Waals surface area contributed by atoms with Gasteiger partial charge in [0.25, 0.3) is 0 Å². The van der Waals surface area contributed by atoms with Crippen molar-refractivity contribution in [3.05, 3.63) is 285 Å². The topological polar surface area (TPSA) is 395 Å². The predicted octanol–water partition coefficient (Wildman–Crippen LogP) is 17.0. The Labute approximate surface area is 702 Å². The zero-order valence-electron chi connectivity index (χ0n) is 65.3. The van der Waals surface area contributed by atoms with Gasteiger partial charge in [-0.05, 0) is 99.3 Å². The Balaban J connectivity index is 0.000000160. The number of methoxy groups -OCH3 is 5. The molecular weight excluding hydrogens is 1710 g/mol. The minimum atomic E-state index is -1.27. The van der Waals surface area contributed by atoms with Crippen molar-refractivity contribution in [2.24, 2.45) is 0 Å². The van der Waals surface area contributed by atoms with Gasteiger partial charge in [-0.2, -0.15) is 0 Å². The number of nitrogen functional groups attached to an aromatic ring is 1. The van der Waals surface area contributed by atoms with Crippen LogP contribution < -0.4 is 54.6 Å². The minimum Gasteiger partial charge on any atom is -0.477 e. The molecular formula is C83H75BrN4O24S6. The van der Waals surface area contributed by atoms with E-state index in [-0.39, 0.29) is 33.4 Å². The van der Waals surface area contributed by atoms with Crippen molar-refractivity contribution in [3.8, 4) is 0 Å². The van der Waals surface area contributed by atoms with E-state index < -0.39 is 69.6 Å². The normalized spacial score (nSPS) is 10.6. The molecule has 0 atom stereocenters. The molecule has 12 aromatic heterocycles. The molecule has 0 radical (unpaired) electrons. The van der Waals surface area contributed by atoms with Crippen LogP contribution in [0.1, 0.15) is 112 Å². The Morgan fingerprint density at radius 2 is 0.720 bits per heavy atom. The Bertz CT molecular complexity index is 6390. The molecule has 4 N–H and O–H groups in total. The summed E-state index contributed by atoms with van der Waals surface area (Å²) in [7, 11) is 11.8. The third kappa shape index (κ3) is 23.0. The summed E-state index contributed by atoms with van der Waals surface area (Å²) in [5.74, 6) is -4.69. The smallest absolute Gasteiger partial charge is 0.351 e. The largest absolute Gasteiger partial charge is 0.477 e. The van der Waals surface area contributed by atoms with Gasteiger partial charge in [-0.25, -0.2) is 57.5 Å². The monoisotopic (exact) mass is 1780 g/mol. The van der Waals surface area contributed by atoms with Crippen LogP contribution in [0.4, 0.5) is 20.0 Å². The van der Waals surface area contributed by atoms with Crippen molar-refractivity contribution in [2.45, 2.75) is 59.5 Å². The number of aromatic carboxylic acids is 1. The SMILES string of the molecule is CCc1cc2oc(=O)c(C(=O)OC)cc2s1.CNc1cc2oc(=O)c(C(=O)OC)cc2s1.COC(=O)c1cc2sc(C)cc2oc1=O.COC(=O)c1cc2sc(N(C)Cc3cccc(C)c3)cc2oc1=O.COC(=O)c1cc2sc(N)cc2oc1=O.Cc1cccc(CBr)c1.Cc1cccc(CN(C)c2cc3oc(=O)c(C(=O)O)cc3s2)c1. The summed E-state index contributed by atoms with van der Waals surface area (Å²) in [6.45, 7) is 11.6. The second-order valence-electron chi connectivity index (χ2n) is 25.2. The van der Waals surface area contributed by atoms with Gasteiger partial charge < -0.3 is 76.1 Å². The first-order valence-electron chi connectivity index (χ1n) is 34.9. The van der Waals surface area contributed by atoms with Gasteiger partial charge in [0.05, 0.1) is 83.8 Å². The van der Waals surface area contributed by atoms with E-state index in [0.717, 1.165) is 61.9 Å². The van der Waals surface area contributed by atoms with Crippen molar-refractivity contribution in [1.82, 2.24) is 0 Å². The number of ether oxygens (including phenoxy) is 5. The van der Waals surface area contributed by atoms with Crippen molar-refractivity contribution < 1.29 is 84.1 Å². The molecule has 0 spiro atoms. The summed E-state index contributed by atoms with van der Waals surface area (Å²) in [5, 5.41) is 16.1. The van der Waals surface area contributed by atoms with Crippen molar-refractivity contribution in [1.29, 1.82) is 0 Å². The summed E-state index contributed by atoms with van der Waals surface area (Å²) < 4.78 is 57.2. The van der Waals surface area contributed by atoms with Crippen LogP contribution in [0.2, 0.25) is 0 Å². The van der Waals surface area contributed by atoms with Crippen LogP contribution in [0, 0.1) is 27.7 Å². The number of hydrogen-bond donors (Lipinski definition) is 3. The lowest BCUT2D eigenvalue weighted by molar-refractivity contribution is 0.0587. The van der Waals surface area contributed by atoms with Gasteiger partial charge in [-0.3, -0.25) is 0 Å². The van der Waals surface area contributed by atoms with E-state index in [2.05, 4.69) is 118 Å². The maximum Gasteiger partial charge on any atom is 0.351 e. The highest BCUT2D eigenvalue weighted by Gasteiger charge is 2.22. The quantitative estimate of drug-likeness (QED) is 0.0487. The Morgan fingerprint density at radius 3 is 1.08 bits per heavy atom. The van der Waals surface area contributed by atoms with Gasteiger partial charge in [-0.15, -0.1) is 68.0 Å². The first-order valence-corrected chi connectivity index (χ1v) is 40.9. The number of anilines is 4. The number of carbonyl (C=O) groups excluding carboxylic acids is 5. The number of rotatable bonds is 15. The van der Waals surface area contributed by atoms with E-state index >= 15 is 0 Å². The number of carboxylic acids is 1. The van der Waals surface area contributed by atoms with Crippen LogP contribution in [-0.2, 0) is 48.5 Å². The molecule has 0 amide bonds. The van der Waals surface area contributed by atoms with Crippen LogP contribution in [0.3, 0.4) is 0 Å². The van der Waals surface area contributed by atoms with Crippen molar-refractivity contribution >= 4 is 201 Å². The highest BCUT2D eigenvalue weighted by atomic mass is 79.9. The highest BCUT2D eigenvalue weighted by molar-refractivity contribution is 9.08. The van der Waals surface area contributed by atoms with Crippen molar-refractivity contribution in [2.75, 3.05) is 77.5 Å². The number of nitrogens with two attached hydrogens (primary N) is 1. The number of carboxylic acid groups (broad SMARTS) is 1. The number of aryl methyl sites for hydroxylation is 5. The fourth-order valence-corrected chi connectivity index (χ4v) is 16.7. The average Bonchev–Trinajstić information content (AvgIpc) is 1.66. The molecule has 0 bridgehead atoms. The van der Waals surface area contributed by atoms with Gasteiger partial charge in [0, 0.05) is 73.6 Å². The number of nitrogens with zero attached hydrogens (tertiary/aromatic N) is 2. The van der Waals surface area contributed by atoms with E-state index in [1.807, 2.05) is 70.1 Å². The number of halogens is 1. The number of hydrogen-bond acceptors (Lipinski definition) is 33. The lowest BCUT2D eigenvalue weighted by Gasteiger charge is -2.17. The molecule has 0 fully saturated rings. The highest BCUT2D eigenvalue weighted by Crippen LogP contribution is 2.36. The molecule has 614 valence electrons. The second-order valence-corrected chi connectivity index (χ2v) is 32.6. The van der Waals surface area contributed by atoms with E-state index in [1.165, 1.54) is 173 Å². The lowest BCUT2D eigenvalue weighted by Crippen LogP contribution is -2.14. The molecule has 3 aromatic carbocycles. The van der Waals surface area contributed by atoms with Gasteiger partial charge in [0.2, 0.25) is 0 Å². The number of fused-ring (bicyclic) bond motifs is 6. The number of alkyl halides is 1. The summed E-state index contributed by atoms with van der Waals surface area (Å²) >= 11 is 11.9. The van der Waals surface area contributed by atoms with Gasteiger partial charge in [-0.1, -0.05) is 112 Å². The van der Waals surface area contributed by atoms with Gasteiger partial charge in [0.1, 0.15) is 44.5 Å². The number of nitrogens with one attached hydrogen (secondary N) is 1. The third-order valence-corrected chi connectivity index (χ3v) is 23.7. The first kappa shape index (κ1) is 89.6. The molecule has 12 heterocycles. The Morgan fingerprint density at radius 1 is 0.407 bits per heavy atom. The van der Waals surface area contributed by atoms with Crippen LogP contribution in [0.5, 0.6) is 0 Å². The Kier molecular flexibility index (Phi) is 31.1. The molecule has 0 saturated carbocycles. The van der Waals surface area contributed by atoms with Gasteiger partial charge in [0.15, 0.2) is 22.3 Å². The molecule has 0 saturated heterocycles. The molecule has 0 unspecified atom stereocenters. The summed E-state index contributed by atoms with van der Waals surface area (Å²) in [6.07, 6.45) is 0.872. The molecule has 0 aliphatic heterocycles. The summed E-state index contributed by atoms with van der Waals surface area (Å²) in [5.41, 5.74) is 10.8. The zero-order valence-corrected chi connectivity index (χ0v) is 71.8. The van der Waals surface area contributed by atoms with E-state index in [4.69, 9.17) is 37.3 Å². The second kappa shape index (κ2) is 41.0. The summed E-state index contributed by atoms with van der Waals surface area (Å²) in [4.78, 5) is 143. The number of esters is 5. The maximum atomic E-state index is 11.9. The predicted molar refractivity (Wildman–Crippen MR) is 464 cm³/mol. The minimum absolute atomic E-state index is 0.0560. The molecule has 0 aliphatic rings. The van der Waals surface area contributed by atoms with Crippen LogP contribution in [0.25, 0.3) is 61.7 Å². The maximum absolute atomic E-state index is 11.9. The first-order chi connectivity index (χ1) is 56.3. The van der Waals surface area contributed by atoms with Crippen LogP contribution >= 0.6 is 84.0 Å². The van der Waals surface area contributed by atoms with Crippen molar-refractivity contribution in [3.63, 3.8) is 0 Å². The zero-order chi connectivity index (χ0) is 85.9. The number of thiophene rings is 6. The fraction of sp³-hybridized carbons (Fsp3) is 0.205. The molecule has 15 rings (SSSR count). The lowest BCUT2D eigenvalue weighted by atomic mass is 10.1. The molecule has 118 heavy (non-hydrogen) atoms. The van der Waals surface area contributed by atoms with Crippen LogP contribution in [-0.4, -0.2) is 97.6 Å². The number of benzene rings is 3. The third-order valence-electron chi connectivity index (χ3n) is 16.6. The van der Waals surface area contributed by atoms with E-state index in [9.17, 15) is 57.5 Å².